The van der Waals surface area contributed by atoms with Crippen LogP contribution < -0.4 is 4.90 Å². The van der Waals surface area contributed by atoms with Crippen LogP contribution >= 0.6 is 0 Å². The van der Waals surface area contributed by atoms with Crippen molar-refractivity contribution < 1.29 is 0 Å². The van der Waals surface area contributed by atoms with Gasteiger partial charge in [-0.2, -0.15) is 0 Å². The summed E-state index contributed by atoms with van der Waals surface area (Å²) in [4.78, 5) is 2.50. The summed E-state index contributed by atoms with van der Waals surface area (Å²) in [7, 11) is 0. The Bertz CT molecular complexity index is 1990. The van der Waals surface area contributed by atoms with Gasteiger partial charge in [0.1, 0.15) is 0 Å². The van der Waals surface area contributed by atoms with Gasteiger partial charge in [-0.05, 0) is 161 Å². The van der Waals surface area contributed by atoms with Crippen LogP contribution in [-0.4, -0.2) is 0 Å². The van der Waals surface area contributed by atoms with E-state index in [1.807, 2.05) is 0 Å². The molecule has 48 heavy (non-hydrogen) atoms. The number of nitrogens with zero attached hydrogens (tertiary/aromatic N) is 1. The van der Waals surface area contributed by atoms with Crippen LogP contribution in [-0.2, 0) is 10.8 Å². The van der Waals surface area contributed by atoms with Crippen molar-refractivity contribution in [3.63, 3.8) is 0 Å². The lowest BCUT2D eigenvalue weighted by Crippen LogP contribution is -2.48. The predicted molar refractivity (Wildman–Crippen MR) is 202 cm³/mol. The Hall–Kier alpha value is -3.84. The first kappa shape index (κ1) is 29.1. The highest BCUT2D eigenvalue weighted by Gasteiger charge is 2.52. The first-order chi connectivity index (χ1) is 23.4. The number of fused-ring (bicyclic) bond motifs is 4. The van der Waals surface area contributed by atoms with Crippen LogP contribution in [0, 0.1) is 17.8 Å². The Labute approximate surface area is 287 Å². The van der Waals surface area contributed by atoms with Crippen molar-refractivity contribution in [1.29, 1.82) is 0 Å². The molecule has 0 aliphatic heterocycles. The average Bonchev–Trinajstić information content (AvgIpc) is 3.33. The quantitative estimate of drug-likeness (QED) is 0.187. The lowest BCUT2D eigenvalue weighted by molar-refractivity contribution is -0.00522. The van der Waals surface area contributed by atoms with Crippen molar-refractivity contribution in [2.45, 2.75) is 101 Å². The summed E-state index contributed by atoms with van der Waals surface area (Å²) in [6, 6.07) is 40.3. The van der Waals surface area contributed by atoms with Crippen molar-refractivity contribution in [3.8, 4) is 11.1 Å². The van der Waals surface area contributed by atoms with Crippen LogP contribution in [0.5, 0.6) is 0 Å². The van der Waals surface area contributed by atoms with E-state index < -0.39 is 0 Å². The molecule has 1 heteroatoms. The van der Waals surface area contributed by atoms with Gasteiger partial charge in [-0.15, -0.1) is 0 Å². The summed E-state index contributed by atoms with van der Waals surface area (Å²) >= 11 is 0. The second-order valence-electron chi connectivity index (χ2n) is 17.1. The van der Waals surface area contributed by atoms with Gasteiger partial charge in [0.2, 0.25) is 0 Å². The molecule has 5 saturated carbocycles. The molecular weight excluding hydrogens is 579 g/mol. The van der Waals surface area contributed by atoms with E-state index in [9.17, 15) is 0 Å². The lowest BCUT2D eigenvalue weighted by Gasteiger charge is -2.57. The molecule has 242 valence electrons. The highest BCUT2D eigenvalue weighted by molar-refractivity contribution is 5.90. The van der Waals surface area contributed by atoms with Crippen LogP contribution in [0.2, 0.25) is 0 Å². The maximum atomic E-state index is 2.67. The van der Waals surface area contributed by atoms with Gasteiger partial charge in [0.25, 0.3) is 0 Å². The topological polar surface area (TPSA) is 3.24 Å². The first-order valence-electron chi connectivity index (χ1n) is 19.1. The average molecular weight is 628 g/mol. The van der Waals surface area contributed by atoms with Gasteiger partial charge in [0.15, 0.2) is 0 Å². The third-order valence-electron chi connectivity index (χ3n) is 13.8. The molecule has 6 aliphatic carbocycles. The van der Waals surface area contributed by atoms with Crippen molar-refractivity contribution in [2.75, 3.05) is 4.90 Å². The smallest absolute Gasteiger partial charge is 0.0468 e. The highest BCUT2D eigenvalue weighted by atomic mass is 15.1. The molecule has 11 rings (SSSR count). The molecule has 5 aromatic rings. The Morgan fingerprint density at radius 1 is 0.542 bits per heavy atom. The Morgan fingerprint density at radius 3 is 1.83 bits per heavy atom. The molecule has 0 heterocycles. The minimum absolute atomic E-state index is 0.0428. The minimum atomic E-state index is -0.0428. The largest absolute Gasteiger partial charge is 0.310 e. The Morgan fingerprint density at radius 2 is 1.12 bits per heavy atom. The van der Waals surface area contributed by atoms with E-state index in [2.05, 4.69) is 122 Å². The van der Waals surface area contributed by atoms with E-state index in [4.69, 9.17) is 0 Å². The Balaban J connectivity index is 1.05. The third kappa shape index (κ3) is 4.56. The summed E-state index contributed by atoms with van der Waals surface area (Å²) in [6.07, 6.45) is 15.6. The van der Waals surface area contributed by atoms with Gasteiger partial charge in [-0.3, -0.25) is 0 Å². The van der Waals surface area contributed by atoms with E-state index >= 15 is 0 Å². The molecule has 0 saturated heterocycles. The molecular formula is C47H49N. The second-order valence-corrected chi connectivity index (χ2v) is 17.1. The van der Waals surface area contributed by atoms with Gasteiger partial charge in [0, 0.05) is 22.5 Å². The molecule has 0 amide bonds. The molecule has 4 bridgehead atoms. The maximum absolute atomic E-state index is 2.67. The van der Waals surface area contributed by atoms with Crippen LogP contribution in [0.3, 0.4) is 0 Å². The van der Waals surface area contributed by atoms with Crippen LogP contribution in [0.1, 0.15) is 113 Å². The van der Waals surface area contributed by atoms with E-state index in [1.54, 1.807) is 5.56 Å². The summed E-state index contributed by atoms with van der Waals surface area (Å²) in [6.45, 7) is 4.95. The maximum Gasteiger partial charge on any atom is 0.0468 e. The molecule has 6 aliphatic rings. The fourth-order valence-corrected chi connectivity index (χ4v) is 11.8. The third-order valence-corrected chi connectivity index (χ3v) is 13.8. The zero-order valence-corrected chi connectivity index (χ0v) is 28.8. The summed E-state index contributed by atoms with van der Waals surface area (Å²) < 4.78 is 0. The summed E-state index contributed by atoms with van der Waals surface area (Å²) in [5.41, 5.74) is 13.1. The van der Waals surface area contributed by atoms with Crippen LogP contribution in [0.4, 0.5) is 17.1 Å². The van der Waals surface area contributed by atoms with E-state index in [0.29, 0.717) is 11.3 Å². The molecule has 0 unspecified atom stereocenters. The fraction of sp³-hybridized carbons (Fsp3) is 0.404. The molecule has 0 radical (unpaired) electrons. The zero-order valence-electron chi connectivity index (χ0n) is 28.8. The van der Waals surface area contributed by atoms with Crippen LogP contribution in [0.15, 0.2) is 103 Å². The molecule has 5 fully saturated rings. The normalized spacial score (nSPS) is 26.8. The predicted octanol–water partition coefficient (Wildman–Crippen LogP) is 13.1. The Kier molecular flexibility index (Phi) is 6.57. The van der Waals surface area contributed by atoms with Crippen molar-refractivity contribution >= 4 is 27.8 Å². The van der Waals surface area contributed by atoms with Crippen molar-refractivity contribution in [3.05, 3.63) is 125 Å². The number of rotatable bonds is 5. The van der Waals surface area contributed by atoms with Gasteiger partial charge in [-0.25, -0.2) is 0 Å². The molecule has 5 aromatic carbocycles. The van der Waals surface area contributed by atoms with Crippen molar-refractivity contribution in [2.24, 2.45) is 17.8 Å². The zero-order chi connectivity index (χ0) is 32.0. The number of anilines is 3. The standard InChI is InChI=1S/C47H49N/c1-46(2)44-26-38(47-28-31-22-32(29-47)24-33(23-31)30-47)15-20-42(44)43-21-19-41(27-45(43)46)48(40-18-14-35-10-6-7-11-37(35)25-40)39-16-12-36(13-17-39)34-8-4-3-5-9-34/h6-7,10-21,25-27,31-34H,3-5,8-9,22-24,28-30H2,1-2H3. The molecule has 0 aromatic heterocycles. The van der Waals surface area contributed by atoms with Gasteiger partial charge >= 0.3 is 0 Å². The molecule has 0 N–H and O–H groups in total. The fourth-order valence-electron chi connectivity index (χ4n) is 11.8. The number of hydrogen-bond acceptors (Lipinski definition) is 1. The summed E-state index contributed by atoms with van der Waals surface area (Å²) in [5.74, 6) is 3.62. The van der Waals surface area contributed by atoms with E-state index in [-0.39, 0.29) is 5.41 Å². The van der Waals surface area contributed by atoms with Gasteiger partial charge in [0.05, 0.1) is 0 Å². The number of hydrogen-bond donors (Lipinski definition) is 0. The molecule has 1 nitrogen and oxygen atoms in total. The van der Waals surface area contributed by atoms with Gasteiger partial charge < -0.3 is 4.90 Å². The summed E-state index contributed by atoms with van der Waals surface area (Å²) in [5, 5.41) is 2.57. The second kappa shape index (κ2) is 10.8. The lowest BCUT2D eigenvalue weighted by atomic mass is 9.48. The SMILES string of the molecule is CC1(C)c2cc(N(c3ccc(C4CCCCC4)cc3)c3ccc4ccccc4c3)ccc2-c2ccc(C34CC5CC(CC(C5)C3)C4)cc21. The van der Waals surface area contributed by atoms with Crippen LogP contribution in [0.25, 0.3) is 21.9 Å². The minimum Gasteiger partial charge on any atom is -0.310 e. The van der Waals surface area contributed by atoms with Gasteiger partial charge in [-0.1, -0.05) is 99.8 Å². The first-order valence-corrected chi connectivity index (χ1v) is 19.1. The highest BCUT2D eigenvalue weighted by Crippen LogP contribution is 2.62. The monoisotopic (exact) mass is 627 g/mol. The van der Waals surface area contributed by atoms with E-state index in [0.717, 1.165) is 17.8 Å². The van der Waals surface area contributed by atoms with Crippen molar-refractivity contribution in [1.82, 2.24) is 0 Å². The van der Waals surface area contributed by atoms with E-state index in [1.165, 1.54) is 126 Å². The molecule has 0 atom stereocenters. The molecule has 0 spiro atoms. The number of benzene rings is 5.